The highest BCUT2D eigenvalue weighted by Crippen LogP contribution is 2.05. The third-order valence-electron chi connectivity index (χ3n) is 14.0. The van der Waals surface area contributed by atoms with Gasteiger partial charge in [-0.15, -0.1) is 12.4 Å². The number of rotatable bonds is 37. The summed E-state index contributed by atoms with van der Waals surface area (Å²) in [6.07, 6.45) is 0.881. The zero-order valence-corrected chi connectivity index (χ0v) is 85.4. The van der Waals surface area contributed by atoms with Gasteiger partial charge in [-0.3, -0.25) is 72.0 Å². The van der Waals surface area contributed by atoms with Gasteiger partial charge in [0.1, 0.15) is 84.8 Å². The second-order valence-corrected chi connectivity index (χ2v) is 29.0. The maximum Gasteiger partial charge on any atom is 0.183 e. The Morgan fingerprint density at radius 1 is 0.385 bits per heavy atom. The Balaban J connectivity index is -0.0000000361. The van der Waals surface area contributed by atoms with Crippen LogP contribution in [0.1, 0.15) is 194 Å². The Morgan fingerprint density at radius 2 is 0.684 bits per heavy atom. The number of halogens is 1. The van der Waals surface area contributed by atoms with Crippen LogP contribution in [0.2, 0.25) is 0 Å². The van der Waals surface area contributed by atoms with Crippen molar-refractivity contribution in [1.29, 1.82) is 0 Å². The molecule has 0 rings (SSSR count). The van der Waals surface area contributed by atoms with Gasteiger partial charge < -0.3 is 117 Å². The van der Waals surface area contributed by atoms with E-state index < -0.39 is 0 Å². The number of carbonyl (C=O) groups excluding carboxylic acids is 14. The van der Waals surface area contributed by atoms with E-state index in [0.29, 0.717) is 77.8 Å². The minimum Gasteiger partial charge on any atom is -0.358 e. The van der Waals surface area contributed by atoms with Crippen molar-refractivity contribution >= 4 is 93.4 Å². The molecule has 117 heavy (non-hydrogen) atoms. The number of hydrogen-bond donors (Lipinski definition) is 7. The van der Waals surface area contributed by atoms with Crippen LogP contribution in [0.15, 0.2) is 0 Å². The van der Waals surface area contributed by atoms with Crippen LogP contribution in [0.5, 0.6) is 0 Å². The van der Waals surface area contributed by atoms with Crippen molar-refractivity contribution in [1.82, 2.24) is 41.3 Å². The molecule has 2 atom stereocenters. The van der Waals surface area contributed by atoms with Gasteiger partial charge in [0.2, 0.25) is 0 Å². The van der Waals surface area contributed by atoms with Gasteiger partial charge in [-0.05, 0) is 193 Å². The van der Waals surface area contributed by atoms with Crippen molar-refractivity contribution in [3.63, 3.8) is 0 Å². The van der Waals surface area contributed by atoms with Gasteiger partial charge in [-0.2, -0.15) is 0 Å². The number of Topliss-reactive ketones (excluding diaryl/α,β-unsaturated/α-hetero) is 14. The van der Waals surface area contributed by atoms with E-state index in [1.54, 1.807) is 118 Å². The molecule has 0 aromatic carbocycles. The smallest absolute Gasteiger partial charge is 0.183 e. The molecule has 0 fully saturated rings. The third kappa shape index (κ3) is 211. The minimum atomic E-state index is 0. The molecule has 0 amide bonds. The van der Waals surface area contributed by atoms with E-state index in [1.807, 2.05) is 94.0 Å². The highest BCUT2D eigenvalue weighted by molar-refractivity contribution is 5.85. The SMILES string of the molecule is C.C.CC(=O)CN.CC(=O)CN(C)C.CC(=O)CN(C)C.CC(=O)C[N+](C)(C)C.CC(=O)C[NH+](C)C.CCC(NC)C(C)=O.CCN(CC)CC(C)=O.CCNCC(C)=O.CC[N+](C)(C)CC(C)=O.CC[N+](C)(CC)CC(C)=O.CC[N+](CC)(CC)CC(C)=O.CNC(C)C(C)=O.CNCC(C)=O.CNCC(C)=O.Cl.[CH3-].[CH3-].[CH3-].[CH3-].[CH3-].[CH3-].[CH3-]. The molecule has 29 heteroatoms. The Kier molecular flexibility index (Phi) is 182. The first-order chi connectivity index (χ1) is 48.6. The molecule has 8 N–H and O–H groups in total. The number of ketones is 14. The fourth-order valence-corrected chi connectivity index (χ4v) is 7.69. The van der Waals surface area contributed by atoms with Crippen LogP contribution < -0.4 is 37.2 Å². The van der Waals surface area contributed by atoms with E-state index in [9.17, 15) is 67.1 Å². The Labute approximate surface area is 735 Å². The predicted octanol–water partition coefficient (Wildman–Crippen LogP) is 8.29. The van der Waals surface area contributed by atoms with Gasteiger partial charge in [-0.25, -0.2) is 0 Å². The molecule has 0 aromatic rings. The van der Waals surface area contributed by atoms with Crippen LogP contribution in [-0.2, 0) is 67.1 Å². The normalized spacial score (nSPS) is 9.73. The highest BCUT2D eigenvalue weighted by atomic mass is 35.5. The molecule has 0 saturated carbocycles. The number of nitrogens with two attached hydrogens (primary N) is 1. The lowest BCUT2D eigenvalue weighted by Crippen LogP contribution is -3.06. The molecule has 0 spiro atoms. The summed E-state index contributed by atoms with van der Waals surface area (Å²) in [5.74, 6) is 3.01. The zero-order valence-electron chi connectivity index (χ0n) is 84.5. The van der Waals surface area contributed by atoms with Crippen LogP contribution in [0, 0.1) is 52.0 Å². The molecule has 0 aliphatic carbocycles. The maximum absolute atomic E-state index is 10.9. The van der Waals surface area contributed by atoms with Gasteiger partial charge in [-0.1, -0.05) is 42.5 Å². The second kappa shape index (κ2) is 120. The highest BCUT2D eigenvalue weighted by Gasteiger charge is 2.22. The molecule has 0 bridgehead atoms. The summed E-state index contributed by atoms with van der Waals surface area (Å²) in [6, 6.07) is 0.0787. The largest absolute Gasteiger partial charge is 0.358 e. The monoisotopic (exact) mass is 1720 g/mol. The van der Waals surface area contributed by atoms with Gasteiger partial charge in [0.25, 0.3) is 0 Å². The number of hydrogen-bond acceptors (Lipinski definition) is 23. The van der Waals surface area contributed by atoms with Crippen LogP contribution >= 0.6 is 12.4 Å². The molecule has 722 valence electrons. The van der Waals surface area contributed by atoms with Gasteiger partial charge in [0.05, 0.1) is 154 Å². The molecule has 28 nitrogen and oxygen atoms in total. The number of carbonyl (C=O) groups is 14. The maximum atomic E-state index is 10.9. The summed E-state index contributed by atoms with van der Waals surface area (Å²) in [7, 11) is 30.7. The molecule has 0 aliphatic heterocycles. The van der Waals surface area contributed by atoms with Crippen LogP contribution in [0.4, 0.5) is 0 Å². The molecule has 2 unspecified atom stereocenters. The van der Waals surface area contributed by atoms with Crippen LogP contribution in [0.25, 0.3) is 0 Å². The molecular weight excluding hydrogens is 1510 g/mol. The topological polar surface area (TPSA) is 339 Å². The summed E-state index contributed by atoms with van der Waals surface area (Å²) in [5.41, 5.74) is 4.82. The standard InChI is InChI=1S/C9H20NO.C8H18NO.C7H16NO.C7H15NO.C6H14NO.C6H13NO.5C5H11NO.2C4H9NO.C3H7NO.2CH4.7CH3.ClH/c1-5-10(6-2,7-3)8-9(4)11;1-5-9(4,6-2)7-8(3)10;1-5-8(3,4)6-7(2)9;1-4-8(5-2)6-7(3)9;1-6(8)5-7(2,3)4;1-4-6(7-3)5(2)8;3*1-5(7)4-6(2)3;1-4(6-3)5(2)7;1-3-6-4-5(2)7;2*1-4(6)3-5-2;1-3(5)2-4;;;;;;;;;;/h5-8H2,1-4H3;5-7H2,1-4H3;5-6H2,1-4H3;4-6H2,1-3H3;5H2,1-4H3;6-7H,4H2,1-3H3;3*4H2,1-3H3;4,6H,1-3H3;6H,3-4H2,1-2H3;2*5H,3H2,1-2H3;2,4H2,1H3;2*1H4;7*1H3;1H/q3*+1;;+1;;;;;;;;;;;;7*-1;/p+1. The quantitative estimate of drug-likeness (QED) is 0.0227. The van der Waals surface area contributed by atoms with Crippen molar-refractivity contribution in [3.05, 3.63) is 52.0 Å². The van der Waals surface area contributed by atoms with Gasteiger partial charge in [0.15, 0.2) is 28.9 Å². The lowest BCUT2D eigenvalue weighted by atomic mass is 10.1. The molecule has 0 aromatic heterocycles. The van der Waals surface area contributed by atoms with E-state index in [4.69, 9.17) is 5.73 Å². The fourth-order valence-electron chi connectivity index (χ4n) is 7.69. The van der Waals surface area contributed by atoms with E-state index in [-0.39, 0.29) is 173 Å². The lowest BCUT2D eigenvalue weighted by molar-refractivity contribution is -0.915. The van der Waals surface area contributed by atoms with Crippen LogP contribution in [0.3, 0.4) is 0 Å². The van der Waals surface area contributed by atoms with Crippen molar-refractivity contribution in [2.45, 2.75) is 206 Å². The fraction of sp³-hybridized carbons (Fsp3) is 0.761. The lowest BCUT2D eigenvalue weighted by Gasteiger charge is -2.34. The summed E-state index contributed by atoms with van der Waals surface area (Å²) in [6.45, 7) is 60.7. The third-order valence-corrected chi connectivity index (χ3v) is 14.0. The molecule has 0 radical (unpaired) electrons. The zero-order chi connectivity index (χ0) is 88.6. The average molecular weight is 1720 g/mol. The molecule has 0 heterocycles. The van der Waals surface area contributed by atoms with Crippen molar-refractivity contribution in [2.24, 2.45) is 5.73 Å². The summed E-state index contributed by atoms with van der Waals surface area (Å²) < 4.78 is 3.34. The first-order valence-corrected chi connectivity index (χ1v) is 37.7. The van der Waals surface area contributed by atoms with E-state index in [1.165, 1.54) is 11.8 Å². The number of quaternary nitrogens is 5. The first kappa shape index (κ1) is 178. The van der Waals surface area contributed by atoms with Gasteiger partial charge >= 0.3 is 0 Å². The second-order valence-electron chi connectivity index (χ2n) is 29.0. The number of nitrogens with zero attached hydrogens (tertiary/aromatic N) is 7. The Morgan fingerprint density at radius 3 is 0.726 bits per heavy atom. The summed E-state index contributed by atoms with van der Waals surface area (Å²) in [5, 5.41) is 14.0. The first-order valence-electron chi connectivity index (χ1n) is 37.7. The van der Waals surface area contributed by atoms with Crippen molar-refractivity contribution in [2.75, 3.05) is 250 Å². The predicted molar refractivity (Wildman–Crippen MR) is 514 cm³/mol. The van der Waals surface area contributed by atoms with E-state index >= 15 is 0 Å². The molecule has 0 aliphatic rings. The van der Waals surface area contributed by atoms with E-state index in [0.717, 1.165) is 83.3 Å². The van der Waals surface area contributed by atoms with Crippen LogP contribution in [-0.4, -0.2) is 376 Å². The molecule has 0 saturated heterocycles. The number of nitrogens with one attached hydrogen (secondary N) is 6. The molecular formula is C88H207ClN14O14-2. The van der Waals surface area contributed by atoms with E-state index in [2.05, 4.69) is 108 Å². The summed E-state index contributed by atoms with van der Waals surface area (Å²) in [4.78, 5) is 152. The Hall–Kier alpha value is -4.89. The summed E-state index contributed by atoms with van der Waals surface area (Å²) >= 11 is 0. The minimum absolute atomic E-state index is 0. The number of likely N-dealkylation sites (N-methyl/N-ethyl adjacent to an activating group) is 13. The van der Waals surface area contributed by atoms with Crippen molar-refractivity contribution in [3.8, 4) is 0 Å². The van der Waals surface area contributed by atoms with Crippen molar-refractivity contribution < 1.29 is 90.0 Å². The average Bonchev–Trinajstić information content (AvgIpc) is 1.04. The Bertz CT molecular complexity index is 2180. The van der Waals surface area contributed by atoms with Gasteiger partial charge in [0, 0.05) is 34.6 Å².